The molecule has 32 heavy (non-hydrogen) atoms. The highest BCUT2D eigenvalue weighted by Crippen LogP contribution is 2.46. The van der Waals surface area contributed by atoms with Crippen molar-refractivity contribution in [1.29, 1.82) is 0 Å². The monoisotopic (exact) mass is 444 g/mol. The standard InChI is InChI=1S/C22H22F2N4O4/c1-22(2,19(23)24)20(29)28-11-14-7-16(28)15-10-25-8-12(17(15)32-14)5-6-13-9-26-21(31-4)27-18(13)30-3/h8-10,14,16,19H,7,11H2,1-4H3/t14-,16-/m0/s1. The number of hydrogen-bond donors (Lipinski definition) is 0. The zero-order chi connectivity index (χ0) is 23.0. The van der Waals surface area contributed by atoms with Crippen LogP contribution in [0, 0.1) is 17.3 Å². The van der Waals surface area contributed by atoms with Crippen LogP contribution in [0.2, 0.25) is 0 Å². The fraction of sp³-hybridized carbons (Fsp3) is 0.455. The molecule has 0 radical (unpaired) electrons. The summed E-state index contributed by atoms with van der Waals surface area (Å²) < 4.78 is 43.2. The van der Waals surface area contributed by atoms with Crippen LogP contribution in [-0.2, 0) is 4.79 Å². The summed E-state index contributed by atoms with van der Waals surface area (Å²) >= 11 is 0. The molecule has 1 saturated heterocycles. The first-order valence-corrected chi connectivity index (χ1v) is 9.97. The number of nitrogens with zero attached hydrogens (tertiary/aromatic N) is 4. The molecule has 8 nitrogen and oxygen atoms in total. The number of pyridine rings is 1. The Morgan fingerprint density at radius 3 is 2.66 bits per heavy atom. The van der Waals surface area contributed by atoms with Crippen LogP contribution in [0.15, 0.2) is 18.6 Å². The van der Waals surface area contributed by atoms with Crippen molar-refractivity contribution in [2.24, 2.45) is 5.41 Å². The third-order valence-electron chi connectivity index (χ3n) is 5.63. The number of fused-ring (bicyclic) bond motifs is 4. The lowest BCUT2D eigenvalue weighted by molar-refractivity contribution is -0.149. The number of carbonyl (C=O) groups is 1. The smallest absolute Gasteiger partial charge is 0.319 e. The summed E-state index contributed by atoms with van der Waals surface area (Å²) in [5, 5.41) is 0. The van der Waals surface area contributed by atoms with E-state index in [9.17, 15) is 13.6 Å². The fourth-order valence-corrected chi connectivity index (χ4v) is 3.78. The molecule has 2 bridgehead atoms. The molecule has 0 aromatic carbocycles. The van der Waals surface area contributed by atoms with Crippen LogP contribution in [0.25, 0.3) is 0 Å². The van der Waals surface area contributed by atoms with Gasteiger partial charge in [0.25, 0.3) is 6.43 Å². The molecule has 0 saturated carbocycles. The minimum Gasteiger partial charge on any atom is -0.487 e. The van der Waals surface area contributed by atoms with Crippen LogP contribution >= 0.6 is 0 Å². The van der Waals surface area contributed by atoms with Crippen LogP contribution in [0.3, 0.4) is 0 Å². The Labute approximate surface area is 183 Å². The van der Waals surface area contributed by atoms with Gasteiger partial charge in [0.15, 0.2) is 0 Å². The Morgan fingerprint density at radius 1 is 1.22 bits per heavy atom. The maximum atomic E-state index is 13.5. The van der Waals surface area contributed by atoms with Gasteiger partial charge >= 0.3 is 6.01 Å². The number of carbonyl (C=O) groups excluding carboxylic acids is 1. The number of rotatable bonds is 4. The fourth-order valence-electron chi connectivity index (χ4n) is 3.78. The van der Waals surface area contributed by atoms with Crippen molar-refractivity contribution in [2.75, 3.05) is 20.8 Å². The lowest BCUT2D eigenvalue weighted by Gasteiger charge is -2.32. The molecule has 168 valence electrons. The Hall–Kier alpha value is -3.48. The van der Waals surface area contributed by atoms with Gasteiger partial charge in [0.1, 0.15) is 22.8 Å². The quantitative estimate of drug-likeness (QED) is 0.670. The van der Waals surface area contributed by atoms with Crippen LogP contribution in [0.5, 0.6) is 17.6 Å². The van der Waals surface area contributed by atoms with Crippen LogP contribution in [0.4, 0.5) is 8.78 Å². The molecule has 2 aromatic heterocycles. The molecule has 0 unspecified atom stereocenters. The summed E-state index contributed by atoms with van der Waals surface area (Å²) in [5.74, 6) is 6.11. The van der Waals surface area contributed by atoms with Gasteiger partial charge < -0.3 is 19.1 Å². The predicted octanol–water partition coefficient (Wildman–Crippen LogP) is 2.61. The number of alkyl halides is 2. The van der Waals surface area contributed by atoms with Gasteiger partial charge in [-0.05, 0) is 13.8 Å². The second kappa shape index (κ2) is 8.22. The van der Waals surface area contributed by atoms with Gasteiger partial charge in [0, 0.05) is 24.4 Å². The Bertz CT molecular complexity index is 1110. The van der Waals surface area contributed by atoms with Gasteiger partial charge in [-0.3, -0.25) is 9.78 Å². The second-order valence-corrected chi connectivity index (χ2v) is 8.11. The number of hydrogen-bond acceptors (Lipinski definition) is 7. The van der Waals surface area contributed by atoms with Crippen molar-refractivity contribution >= 4 is 5.91 Å². The molecular formula is C22H22F2N4O4. The summed E-state index contributed by atoms with van der Waals surface area (Å²) in [6.45, 7) is 2.75. The number of halogens is 2. The summed E-state index contributed by atoms with van der Waals surface area (Å²) in [4.78, 5) is 26.7. The predicted molar refractivity (Wildman–Crippen MR) is 109 cm³/mol. The van der Waals surface area contributed by atoms with Gasteiger partial charge in [0.2, 0.25) is 11.8 Å². The normalized spacial score (nSPS) is 19.0. The van der Waals surface area contributed by atoms with Crippen LogP contribution in [-0.4, -0.2) is 59.1 Å². The molecule has 2 aromatic rings. The van der Waals surface area contributed by atoms with E-state index in [2.05, 4.69) is 26.8 Å². The second-order valence-electron chi connectivity index (χ2n) is 8.11. The molecule has 0 aliphatic carbocycles. The summed E-state index contributed by atoms with van der Waals surface area (Å²) in [6, 6.07) is -0.232. The van der Waals surface area contributed by atoms with Gasteiger partial charge in [-0.25, -0.2) is 13.8 Å². The zero-order valence-corrected chi connectivity index (χ0v) is 18.1. The highest BCUT2D eigenvalue weighted by Gasteiger charge is 2.49. The average molecular weight is 444 g/mol. The van der Waals surface area contributed by atoms with Crippen molar-refractivity contribution in [3.8, 4) is 29.5 Å². The molecular weight excluding hydrogens is 422 g/mol. The highest BCUT2D eigenvalue weighted by molar-refractivity contribution is 5.83. The van der Waals surface area contributed by atoms with E-state index in [1.54, 1.807) is 12.4 Å². The maximum Gasteiger partial charge on any atom is 0.319 e. The number of methoxy groups -OCH3 is 2. The molecule has 0 spiro atoms. The molecule has 4 heterocycles. The van der Waals surface area contributed by atoms with E-state index in [0.717, 1.165) is 0 Å². The largest absolute Gasteiger partial charge is 0.487 e. The van der Waals surface area contributed by atoms with E-state index in [4.69, 9.17) is 14.2 Å². The SMILES string of the molecule is COc1ncc(C#Cc2cncc3c2O[C@H]2C[C@@H]3N(C(=O)C(C)(C)C(F)F)C2)c(OC)n1. The van der Waals surface area contributed by atoms with Crippen molar-refractivity contribution in [3.05, 3.63) is 35.3 Å². The van der Waals surface area contributed by atoms with E-state index >= 15 is 0 Å². The maximum absolute atomic E-state index is 13.5. The minimum atomic E-state index is -2.77. The molecule has 1 fully saturated rings. The van der Waals surface area contributed by atoms with Crippen molar-refractivity contribution < 1.29 is 27.8 Å². The third-order valence-corrected chi connectivity index (χ3v) is 5.63. The topological polar surface area (TPSA) is 86.7 Å². The van der Waals surface area contributed by atoms with E-state index in [0.29, 0.717) is 28.9 Å². The zero-order valence-electron chi connectivity index (χ0n) is 18.1. The number of amides is 1. The highest BCUT2D eigenvalue weighted by atomic mass is 19.3. The van der Waals surface area contributed by atoms with Crippen LogP contribution < -0.4 is 14.2 Å². The molecule has 2 aliphatic heterocycles. The summed E-state index contributed by atoms with van der Waals surface area (Å²) in [6.07, 6.45) is 2.09. The summed E-state index contributed by atoms with van der Waals surface area (Å²) in [7, 11) is 2.91. The lowest BCUT2D eigenvalue weighted by atomic mass is 9.91. The van der Waals surface area contributed by atoms with Crippen molar-refractivity contribution in [3.63, 3.8) is 0 Å². The van der Waals surface area contributed by atoms with E-state index in [1.165, 1.54) is 39.2 Å². The molecule has 1 amide bonds. The first kappa shape index (κ1) is 21.7. The minimum absolute atomic E-state index is 0.155. The first-order chi connectivity index (χ1) is 15.3. The number of ether oxygens (including phenoxy) is 3. The first-order valence-electron chi connectivity index (χ1n) is 9.97. The van der Waals surface area contributed by atoms with E-state index in [-0.39, 0.29) is 30.6 Å². The molecule has 10 heteroatoms. The lowest BCUT2D eigenvalue weighted by Crippen LogP contribution is -2.44. The third kappa shape index (κ3) is 3.68. The number of aromatic nitrogens is 3. The Balaban J connectivity index is 1.68. The van der Waals surface area contributed by atoms with E-state index in [1.807, 2.05) is 0 Å². The molecule has 2 atom stereocenters. The molecule has 4 rings (SSSR count). The average Bonchev–Trinajstić information content (AvgIpc) is 3.14. The molecule has 2 aliphatic rings. The van der Waals surface area contributed by atoms with Crippen molar-refractivity contribution in [1.82, 2.24) is 19.9 Å². The Morgan fingerprint density at radius 2 is 1.97 bits per heavy atom. The van der Waals surface area contributed by atoms with Gasteiger partial charge in [-0.15, -0.1) is 0 Å². The number of likely N-dealkylation sites (tertiary alicyclic amines) is 1. The van der Waals surface area contributed by atoms with Gasteiger partial charge in [-0.1, -0.05) is 11.8 Å². The van der Waals surface area contributed by atoms with Crippen LogP contribution in [0.1, 0.15) is 43.0 Å². The Kier molecular flexibility index (Phi) is 5.59. The van der Waals surface area contributed by atoms with Gasteiger partial charge in [0.05, 0.1) is 38.6 Å². The summed E-state index contributed by atoms with van der Waals surface area (Å²) in [5.41, 5.74) is -0.174. The van der Waals surface area contributed by atoms with Crippen molar-refractivity contribution in [2.45, 2.75) is 38.8 Å². The molecule has 0 N–H and O–H groups in total. The van der Waals surface area contributed by atoms with E-state index < -0.39 is 17.7 Å². The van der Waals surface area contributed by atoms with Gasteiger partial charge in [-0.2, -0.15) is 4.98 Å².